The first-order valence-electron chi connectivity index (χ1n) is 8.68. The Morgan fingerprint density at radius 2 is 1.75 bits per heavy atom. The molecule has 1 fully saturated rings. The first-order valence-corrected chi connectivity index (χ1v) is 9.67. The van der Waals surface area contributed by atoms with E-state index in [1.165, 1.54) is 6.07 Å². The maximum absolute atomic E-state index is 12.5. The molecular formula is C19H18F3N3O2S. The van der Waals surface area contributed by atoms with E-state index in [4.69, 9.17) is 0 Å². The molecule has 0 aliphatic carbocycles. The van der Waals surface area contributed by atoms with Crippen LogP contribution in [0.2, 0.25) is 0 Å². The number of nitrogens with zero attached hydrogens (tertiary/aromatic N) is 2. The Hall–Kier alpha value is -2.55. The van der Waals surface area contributed by atoms with Crippen molar-refractivity contribution >= 4 is 29.3 Å². The lowest BCUT2D eigenvalue weighted by molar-refractivity contribution is -0.137. The Labute approximate surface area is 164 Å². The van der Waals surface area contributed by atoms with Crippen LogP contribution in [0.4, 0.5) is 18.9 Å². The molecule has 5 nitrogen and oxygen atoms in total. The predicted octanol–water partition coefficient (Wildman–Crippen LogP) is 4.07. The van der Waals surface area contributed by atoms with Crippen molar-refractivity contribution < 1.29 is 22.8 Å². The van der Waals surface area contributed by atoms with E-state index in [2.05, 4.69) is 10.3 Å². The number of thioether (sulfide) groups is 1. The van der Waals surface area contributed by atoms with Crippen LogP contribution >= 0.6 is 11.8 Å². The zero-order valence-corrected chi connectivity index (χ0v) is 15.6. The van der Waals surface area contributed by atoms with Crippen molar-refractivity contribution in [3.8, 4) is 0 Å². The van der Waals surface area contributed by atoms with E-state index in [-0.39, 0.29) is 17.6 Å². The average molecular weight is 409 g/mol. The van der Waals surface area contributed by atoms with Gasteiger partial charge in [0.1, 0.15) is 0 Å². The number of hydrogen-bond donors (Lipinski definition) is 1. The summed E-state index contributed by atoms with van der Waals surface area (Å²) >= 11 is 1.04. The van der Waals surface area contributed by atoms with Crippen LogP contribution in [0.5, 0.6) is 0 Å². The number of amides is 2. The molecule has 1 aliphatic rings. The van der Waals surface area contributed by atoms with Gasteiger partial charge in [-0.3, -0.25) is 9.59 Å². The number of rotatable bonds is 5. The summed E-state index contributed by atoms with van der Waals surface area (Å²) < 4.78 is 37.5. The van der Waals surface area contributed by atoms with Crippen molar-refractivity contribution in [3.63, 3.8) is 0 Å². The van der Waals surface area contributed by atoms with Crippen LogP contribution in [0, 0.1) is 0 Å². The Bertz CT molecular complexity index is 833. The molecule has 2 amide bonds. The van der Waals surface area contributed by atoms with Gasteiger partial charge < -0.3 is 10.2 Å². The molecule has 3 rings (SSSR count). The van der Waals surface area contributed by atoms with Crippen molar-refractivity contribution in [2.45, 2.75) is 24.0 Å². The van der Waals surface area contributed by atoms with Gasteiger partial charge in [0, 0.05) is 30.5 Å². The fourth-order valence-electron chi connectivity index (χ4n) is 2.77. The van der Waals surface area contributed by atoms with Crippen molar-refractivity contribution in [2.24, 2.45) is 0 Å². The second kappa shape index (κ2) is 8.64. The number of aromatic nitrogens is 1. The number of carbonyl (C=O) groups excluding carboxylic acids is 2. The van der Waals surface area contributed by atoms with E-state index >= 15 is 0 Å². The second-order valence-corrected chi connectivity index (χ2v) is 7.29. The number of halogens is 3. The van der Waals surface area contributed by atoms with E-state index < -0.39 is 11.7 Å². The maximum atomic E-state index is 12.5. The lowest BCUT2D eigenvalue weighted by atomic mass is 10.2. The average Bonchev–Trinajstić information content (AvgIpc) is 3.21. The number of nitrogens with one attached hydrogen (secondary N) is 1. The van der Waals surface area contributed by atoms with Gasteiger partial charge in [-0.1, -0.05) is 11.8 Å². The van der Waals surface area contributed by atoms with Gasteiger partial charge in [0.05, 0.1) is 16.3 Å². The van der Waals surface area contributed by atoms with Gasteiger partial charge >= 0.3 is 6.18 Å². The van der Waals surface area contributed by atoms with Gasteiger partial charge in [-0.25, -0.2) is 4.98 Å². The lowest BCUT2D eigenvalue weighted by Crippen LogP contribution is -2.27. The standard InChI is InChI=1S/C19H18F3N3O2S/c20-19(21,22)14-5-8-17(23-11-14)28-12-16(26)24-15-6-3-13(4-7-15)18(27)25-9-1-2-10-25/h3-8,11H,1-2,9-10,12H2,(H,24,26). The molecule has 0 atom stereocenters. The van der Waals surface area contributed by atoms with E-state index in [0.29, 0.717) is 16.3 Å². The quantitative estimate of drug-likeness (QED) is 0.757. The summed E-state index contributed by atoms with van der Waals surface area (Å²) in [6.45, 7) is 1.54. The maximum Gasteiger partial charge on any atom is 0.417 e. The minimum absolute atomic E-state index is 0.00677. The molecule has 0 saturated carbocycles. The van der Waals surface area contributed by atoms with E-state index in [9.17, 15) is 22.8 Å². The van der Waals surface area contributed by atoms with Gasteiger partial charge in [-0.05, 0) is 49.2 Å². The summed E-state index contributed by atoms with van der Waals surface area (Å²) in [6.07, 6.45) is -1.65. The van der Waals surface area contributed by atoms with E-state index in [0.717, 1.165) is 50.0 Å². The monoisotopic (exact) mass is 409 g/mol. The highest BCUT2D eigenvalue weighted by Gasteiger charge is 2.30. The number of anilines is 1. The van der Waals surface area contributed by atoms with Crippen molar-refractivity contribution in [2.75, 3.05) is 24.2 Å². The summed E-state index contributed by atoms with van der Waals surface area (Å²) in [5.41, 5.74) is 0.289. The van der Waals surface area contributed by atoms with Gasteiger partial charge in [0.2, 0.25) is 5.91 Å². The zero-order chi connectivity index (χ0) is 20.1. The summed E-state index contributed by atoms with van der Waals surface area (Å²) in [6, 6.07) is 8.81. The summed E-state index contributed by atoms with van der Waals surface area (Å²) in [4.78, 5) is 29.8. The number of hydrogen-bond acceptors (Lipinski definition) is 4. The Kier molecular flexibility index (Phi) is 6.23. The fraction of sp³-hybridized carbons (Fsp3) is 0.316. The van der Waals surface area contributed by atoms with Crippen LogP contribution in [-0.4, -0.2) is 40.5 Å². The molecule has 1 aromatic heterocycles. The largest absolute Gasteiger partial charge is 0.417 e. The highest BCUT2D eigenvalue weighted by Crippen LogP contribution is 2.29. The van der Waals surface area contributed by atoms with Crippen molar-refractivity contribution in [1.29, 1.82) is 0 Å². The molecule has 9 heteroatoms. The third kappa shape index (κ3) is 5.25. The van der Waals surface area contributed by atoms with E-state index in [1.54, 1.807) is 29.2 Å². The molecule has 28 heavy (non-hydrogen) atoms. The molecule has 1 saturated heterocycles. The fourth-order valence-corrected chi connectivity index (χ4v) is 3.41. The Morgan fingerprint density at radius 1 is 1.07 bits per heavy atom. The second-order valence-electron chi connectivity index (χ2n) is 6.30. The molecule has 1 aromatic carbocycles. The van der Waals surface area contributed by atoms with Crippen LogP contribution in [-0.2, 0) is 11.0 Å². The number of pyridine rings is 1. The third-order valence-corrected chi connectivity index (χ3v) is 5.17. The normalized spacial score (nSPS) is 14.2. The number of carbonyl (C=O) groups is 2. The number of likely N-dealkylation sites (tertiary alicyclic amines) is 1. The minimum Gasteiger partial charge on any atom is -0.339 e. The van der Waals surface area contributed by atoms with Crippen LogP contribution in [0.3, 0.4) is 0 Å². The van der Waals surface area contributed by atoms with Crippen molar-refractivity contribution in [1.82, 2.24) is 9.88 Å². The topological polar surface area (TPSA) is 62.3 Å². The zero-order valence-electron chi connectivity index (χ0n) is 14.8. The molecular weight excluding hydrogens is 391 g/mol. The van der Waals surface area contributed by atoms with Gasteiger partial charge in [0.25, 0.3) is 5.91 Å². The predicted molar refractivity (Wildman–Crippen MR) is 100 cm³/mol. The van der Waals surface area contributed by atoms with E-state index in [1.807, 2.05) is 0 Å². The molecule has 2 heterocycles. The van der Waals surface area contributed by atoms with Crippen molar-refractivity contribution in [3.05, 3.63) is 53.7 Å². The molecule has 0 spiro atoms. The molecule has 0 bridgehead atoms. The molecule has 1 N–H and O–H groups in total. The summed E-state index contributed by atoms with van der Waals surface area (Å²) in [5, 5.41) is 3.02. The minimum atomic E-state index is -4.43. The molecule has 1 aliphatic heterocycles. The Morgan fingerprint density at radius 3 is 2.32 bits per heavy atom. The van der Waals surface area contributed by atoms with Crippen LogP contribution < -0.4 is 5.32 Å². The lowest BCUT2D eigenvalue weighted by Gasteiger charge is -2.15. The van der Waals surface area contributed by atoms with Crippen LogP contribution in [0.25, 0.3) is 0 Å². The molecule has 0 radical (unpaired) electrons. The molecule has 2 aromatic rings. The molecule has 148 valence electrons. The van der Waals surface area contributed by atoms with Gasteiger partial charge in [0.15, 0.2) is 0 Å². The van der Waals surface area contributed by atoms with Crippen LogP contribution in [0.1, 0.15) is 28.8 Å². The smallest absolute Gasteiger partial charge is 0.339 e. The number of benzene rings is 1. The first-order chi connectivity index (χ1) is 13.3. The first kappa shape index (κ1) is 20.2. The third-order valence-electron chi connectivity index (χ3n) is 4.22. The van der Waals surface area contributed by atoms with Crippen LogP contribution in [0.15, 0.2) is 47.6 Å². The summed E-state index contributed by atoms with van der Waals surface area (Å²) in [7, 11) is 0. The Balaban J connectivity index is 1.50. The summed E-state index contributed by atoms with van der Waals surface area (Å²) in [5.74, 6) is -0.322. The highest BCUT2D eigenvalue weighted by atomic mass is 32.2. The number of alkyl halides is 3. The highest BCUT2D eigenvalue weighted by molar-refractivity contribution is 7.99. The SMILES string of the molecule is O=C(CSc1ccc(C(F)(F)F)cn1)Nc1ccc(C(=O)N2CCCC2)cc1. The molecule has 0 unspecified atom stereocenters. The van der Waals surface area contributed by atoms with Gasteiger partial charge in [-0.2, -0.15) is 13.2 Å². The van der Waals surface area contributed by atoms with Gasteiger partial charge in [-0.15, -0.1) is 0 Å².